The van der Waals surface area contributed by atoms with E-state index in [9.17, 15) is 0 Å². The summed E-state index contributed by atoms with van der Waals surface area (Å²) >= 11 is 0. The minimum Gasteiger partial charge on any atom is -0.309 e. The summed E-state index contributed by atoms with van der Waals surface area (Å²) in [5, 5.41) is 11.8. The van der Waals surface area contributed by atoms with Crippen molar-refractivity contribution in [3.8, 4) is 0 Å². The third-order valence-electron chi connectivity index (χ3n) is 3.05. The molecule has 0 atom stereocenters. The first-order chi connectivity index (χ1) is 7.43. The van der Waals surface area contributed by atoms with Crippen molar-refractivity contribution in [1.29, 1.82) is 0 Å². The van der Waals surface area contributed by atoms with Crippen molar-refractivity contribution in [3.05, 3.63) is 30.0 Å². The Morgan fingerprint density at radius 2 is 2.07 bits per heavy atom. The smallest absolute Gasteiger partial charge is 0.0998 e. The van der Waals surface area contributed by atoms with Gasteiger partial charge in [-0.3, -0.25) is 4.68 Å². The van der Waals surface area contributed by atoms with Crippen LogP contribution in [0, 0.1) is 0 Å². The molecule has 4 nitrogen and oxygen atoms in total. The monoisotopic (exact) mass is 198 g/mol. The molecule has 4 heteroatoms. The summed E-state index contributed by atoms with van der Waals surface area (Å²) < 4.78 is 2.21. The van der Waals surface area contributed by atoms with E-state index in [4.69, 9.17) is 0 Å². The highest BCUT2D eigenvalue weighted by molar-refractivity contribution is 5.93. The van der Waals surface area contributed by atoms with Gasteiger partial charge in [0.05, 0.1) is 30.8 Å². The lowest BCUT2D eigenvalue weighted by molar-refractivity contribution is 0.880. The Hall–Kier alpha value is -1.84. The molecule has 0 unspecified atom stereocenters. The summed E-state index contributed by atoms with van der Waals surface area (Å²) in [5.41, 5.74) is 3.55. The maximum atomic E-state index is 4.21. The van der Waals surface area contributed by atoms with Crippen molar-refractivity contribution in [2.45, 2.75) is 6.54 Å². The molecule has 0 radical (unpaired) electrons. The largest absolute Gasteiger partial charge is 0.309 e. The van der Waals surface area contributed by atoms with Crippen LogP contribution in [0.1, 0.15) is 5.56 Å². The van der Waals surface area contributed by atoms with Crippen molar-refractivity contribution >= 4 is 16.6 Å². The number of azo groups is 1. The highest BCUT2D eigenvalue weighted by atomic mass is 15.6. The standard InChI is InChI=1S/C11H10N4/c1-2-10-9(11-8(1)7-12-13-11)3-4-15(10)14-5-6-14/h1-4H,5-7H2. The molecular weight excluding hydrogens is 188 g/mol. The van der Waals surface area contributed by atoms with E-state index in [0.29, 0.717) is 0 Å². The van der Waals surface area contributed by atoms with Crippen LogP contribution in [-0.4, -0.2) is 17.8 Å². The average molecular weight is 198 g/mol. The van der Waals surface area contributed by atoms with Gasteiger partial charge in [0.2, 0.25) is 0 Å². The van der Waals surface area contributed by atoms with Crippen molar-refractivity contribution < 1.29 is 0 Å². The van der Waals surface area contributed by atoms with Crippen LogP contribution in [0.25, 0.3) is 10.9 Å². The number of fused-ring (bicyclic) bond motifs is 3. The van der Waals surface area contributed by atoms with E-state index in [1.165, 1.54) is 16.5 Å². The van der Waals surface area contributed by atoms with Gasteiger partial charge in [-0.05, 0) is 12.1 Å². The van der Waals surface area contributed by atoms with Crippen molar-refractivity contribution in [2.75, 3.05) is 18.1 Å². The van der Waals surface area contributed by atoms with Crippen LogP contribution >= 0.6 is 0 Å². The SMILES string of the molecule is c1cc2c(ccn2N2CC2)c2c1CN=N2. The van der Waals surface area contributed by atoms with Gasteiger partial charge < -0.3 is 5.01 Å². The molecule has 2 aromatic rings. The highest BCUT2D eigenvalue weighted by Crippen LogP contribution is 2.35. The zero-order valence-electron chi connectivity index (χ0n) is 8.22. The fourth-order valence-electron chi connectivity index (χ4n) is 2.17. The molecule has 3 heterocycles. The first-order valence-electron chi connectivity index (χ1n) is 5.19. The van der Waals surface area contributed by atoms with Gasteiger partial charge in [0, 0.05) is 17.1 Å². The van der Waals surface area contributed by atoms with Gasteiger partial charge in [-0.2, -0.15) is 10.2 Å². The average Bonchev–Trinajstić information content (AvgIpc) is 2.83. The molecule has 74 valence electrons. The van der Waals surface area contributed by atoms with Crippen molar-refractivity contribution in [3.63, 3.8) is 0 Å². The second-order valence-electron chi connectivity index (χ2n) is 4.02. The molecule has 1 fully saturated rings. The third-order valence-corrected chi connectivity index (χ3v) is 3.05. The van der Waals surface area contributed by atoms with Gasteiger partial charge in [0.15, 0.2) is 0 Å². The van der Waals surface area contributed by atoms with E-state index in [2.05, 4.69) is 44.3 Å². The Kier molecular flexibility index (Phi) is 1.19. The van der Waals surface area contributed by atoms with E-state index in [1.807, 2.05) is 0 Å². The number of hydrogen-bond acceptors (Lipinski definition) is 3. The number of rotatable bonds is 1. The summed E-state index contributed by atoms with van der Waals surface area (Å²) in [7, 11) is 0. The third kappa shape index (κ3) is 0.909. The zero-order chi connectivity index (χ0) is 9.83. The lowest BCUT2D eigenvalue weighted by atomic mass is 10.1. The van der Waals surface area contributed by atoms with Crippen LogP contribution in [0.2, 0.25) is 0 Å². The van der Waals surface area contributed by atoms with Gasteiger partial charge in [-0.15, -0.1) is 0 Å². The molecule has 0 N–H and O–H groups in total. The number of nitrogens with zero attached hydrogens (tertiary/aromatic N) is 4. The van der Waals surface area contributed by atoms with E-state index in [-0.39, 0.29) is 0 Å². The Morgan fingerprint density at radius 3 is 2.93 bits per heavy atom. The Labute approximate surface area is 86.8 Å². The topological polar surface area (TPSA) is 32.7 Å². The summed E-state index contributed by atoms with van der Waals surface area (Å²) in [6.45, 7) is 3.05. The molecule has 15 heavy (non-hydrogen) atoms. The van der Waals surface area contributed by atoms with E-state index in [1.54, 1.807) is 0 Å². The predicted molar refractivity (Wildman–Crippen MR) is 58.1 cm³/mol. The summed E-state index contributed by atoms with van der Waals surface area (Å²) in [5.74, 6) is 0. The molecular formula is C11H10N4. The van der Waals surface area contributed by atoms with E-state index in [0.717, 1.165) is 25.3 Å². The Bertz CT molecular complexity index is 578. The molecule has 0 aliphatic carbocycles. The maximum Gasteiger partial charge on any atom is 0.0998 e. The molecule has 1 saturated heterocycles. The predicted octanol–water partition coefficient (Wildman–Crippen LogP) is 2.19. The van der Waals surface area contributed by atoms with Gasteiger partial charge in [-0.25, -0.2) is 0 Å². The molecule has 4 rings (SSSR count). The number of aromatic nitrogens is 1. The van der Waals surface area contributed by atoms with Crippen LogP contribution in [-0.2, 0) is 6.54 Å². The fraction of sp³-hybridized carbons (Fsp3) is 0.273. The molecule has 0 amide bonds. The molecule has 1 aromatic carbocycles. The van der Waals surface area contributed by atoms with Crippen molar-refractivity contribution in [2.24, 2.45) is 10.2 Å². The molecule has 0 saturated carbocycles. The van der Waals surface area contributed by atoms with Crippen LogP contribution < -0.4 is 5.01 Å². The molecule has 0 spiro atoms. The van der Waals surface area contributed by atoms with Crippen LogP contribution in [0.3, 0.4) is 0 Å². The van der Waals surface area contributed by atoms with Crippen molar-refractivity contribution in [1.82, 2.24) is 4.68 Å². The zero-order valence-corrected chi connectivity index (χ0v) is 8.22. The molecule has 2 aliphatic heterocycles. The van der Waals surface area contributed by atoms with Gasteiger partial charge in [0.25, 0.3) is 0 Å². The summed E-state index contributed by atoms with van der Waals surface area (Å²) in [4.78, 5) is 0. The van der Waals surface area contributed by atoms with E-state index < -0.39 is 0 Å². The van der Waals surface area contributed by atoms with Gasteiger partial charge in [0.1, 0.15) is 0 Å². The maximum absolute atomic E-state index is 4.21. The lowest BCUT2D eigenvalue weighted by Gasteiger charge is -2.06. The molecule has 0 bridgehead atoms. The number of hydrogen-bond donors (Lipinski definition) is 0. The number of benzene rings is 1. The second-order valence-corrected chi connectivity index (χ2v) is 4.02. The van der Waals surface area contributed by atoms with Gasteiger partial charge >= 0.3 is 0 Å². The van der Waals surface area contributed by atoms with Crippen LogP contribution in [0.5, 0.6) is 0 Å². The second kappa shape index (κ2) is 2.39. The first kappa shape index (κ1) is 7.45. The van der Waals surface area contributed by atoms with Crippen LogP contribution in [0.15, 0.2) is 34.6 Å². The van der Waals surface area contributed by atoms with E-state index >= 15 is 0 Å². The summed E-state index contributed by atoms with van der Waals surface area (Å²) in [6, 6.07) is 6.44. The van der Waals surface area contributed by atoms with Gasteiger partial charge in [-0.1, -0.05) is 6.07 Å². The fourth-order valence-corrected chi connectivity index (χ4v) is 2.17. The normalized spacial score (nSPS) is 17.5. The molecule has 2 aliphatic rings. The minimum absolute atomic E-state index is 0.736. The highest BCUT2D eigenvalue weighted by Gasteiger charge is 2.21. The first-order valence-corrected chi connectivity index (χ1v) is 5.19. The quantitative estimate of drug-likeness (QED) is 0.646. The Morgan fingerprint density at radius 1 is 1.13 bits per heavy atom. The Balaban J connectivity index is 2.06. The molecule has 1 aromatic heterocycles. The van der Waals surface area contributed by atoms with Crippen LogP contribution in [0.4, 0.5) is 5.69 Å². The lowest BCUT2D eigenvalue weighted by Crippen LogP contribution is -2.09. The minimum atomic E-state index is 0.736. The summed E-state index contributed by atoms with van der Waals surface area (Å²) in [6.07, 6.45) is 2.12.